The SMILES string of the molecule is Cn1cccc1C(=O)N1CCCC(COc2ccccc2C(=O)N2CCOCC2)C1. The fraction of sp³-hybridized carbons (Fsp3) is 0.478. The van der Waals surface area contributed by atoms with Crippen LogP contribution in [0.15, 0.2) is 42.6 Å². The van der Waals surface area contributed by atoms with Gasteiger partial charge in [0.15, 0.2) is 0 Å². The van der Waals surface area contributed by atoms with E-state index in [4.69, 9.17) is 9.47 Å². The number of para-hydroxylation sites is 1. The molecule has 3 heterocycles. The maximum absolute atomic E-state index is 12.9. The molecule has 2 saturated heterocycles. The molecule has 0 bridgehead atoms. The molecule has 4 rings (SSSR count). The van der Waals surface area contributed by atoms with Crippen LogP contribution >= 0.6 is 0 Å². The summed E-state index contributed by atoms with van der Waals surface area (Å²) in [5, 5.41) is 0. The zero-order valence-corrected chi connectivity index (χ0v) is 17.5. The first-order chi connectivity index (χ1) is 14.6. The Morgan fingerprint density at radius 3 is 2.60 bits per heavy atom. The number of benzene rings is 1. The van der Waals surface area contributed by atoms with Gasteiger partial charge in [0.25, 0.3) is 11.8 Å². The Morgan fingerprint density at radius 1 is 1.03 bits per heavy atom. The molecule has 1 aromatic carbocycles. The third kappa shape index (κ3) is 4.51. The average Bonchev–Trinajstić information content (AvgIpc) is 3.23. The van der Waals surface area contributed by atoms with Crippen molar-refractivity contribution in [1.82, 2.24) is 14.4 Å². The normalized spacial score (nSPS) is 19.6. The third-order valence-electron chi connectivity index (χ3n) is 5.86. The lowest BCUT2D eigenvalue weighted by Crippen LogP contribution is -2.42. The number of carbonyl (C=O) groups is 2. The van der Waals surface area contributed by atoms with Gasteiger partial charge in [-0.05, 0) is 37.1 Å². The number of ether oxygens (including phenoxy) is 2. The van der Waals surface area contributed by atoms with E-state index >= 15 is 0 Å². The van der Waals surface area contributed by atoms with Crippen LogP contribution in [0.2, 0.25) is 0 Å². The summed E-state index contributed by atoms with van der Waals surface area (Å²) in [6.45, 7) is 4.28. The number of rotatable bonds is 5. The van der Waals surface area contributed by atoms with Gasteiger partial charge in [-0.2, -0.15) is 0 Å². The van der Waals surface area contributed by atoms with Gasteiger partial charge < -0.3 is 23.8 Å². The van der Waals surface area contributed by atoms with Crippen molar-refractivity contribution in [3.05, 3.63) is 53.9 Å². The zero-order valence-electron chi connectivity index (χ0n) is 17.5. The smallest absolute Gasteiger partial charge is 0.270 e. The molecule has 1 aromatic heterocycles. The quantitative estimate of drug-likeness (QED) is 0.758. The molecule has 1 atom stereocenters. The molecule has 0 aliphatic carbocycles. The van der Waals surface area contributed by atoms with Crippen LogP contribution in [0.5, 0.6) is 5.75 Å². The van der Waals surface area contributed by atoms with Gasteiger partial charge >= 0.3 is 0 Å². The molecule has 2 fully saturated rings. The highest BCUT2D eigenvalue weighted by atomic mass is 16.5. The summed E-state index contributed by atoms with van der Waals surface area (Å²) in [5.41, 5.74) is 1.30. The van der Waals surface area contributed by atoms with E-state index in [1.54, 1.807) is 0 Å². The summed E-state index contributed by atoms with van der Waals surface area (Å²) >= 11 is 0. The number of piperidine rings is 1. The van der Waals surface area contributed by atoms with Crippen LogP contribution in [0.1, 0.15) is 33.7 Å². The van der Waals surface area contributed by atoms with Crippen molar-refractivity contribution in [1.29, 1.82) is 0 Å². The van der Waals surface area contributed by atoms with Gasteiger partial charge in [-0.15, -0.1) is 0 Å². The van der Waals surface area contributed by atoms with Crippen LogP contribution in [0.4, 0.5) is 0 Å². The van der Waals surface area contributed by atoms with E-state index in [1.807, 2.05) is 64.0 Å². The van der Waals surface area contributed by atoms with Crippen LogP contribution in [0, 0.1) is 5.92 Å². The van der Waals surface area contributed by atoms with Crippen LogP contribution in [-0.4, -0.2) is 72.2 Å². The number of hydrogen-bond donors (Lipinski definition) is 0. The minimum Gasteiger partial charge on any atom is -0.492 e. The summed E-state index contributed by atoms with van der Waals surface area (Å²) in [4.78, 5) is 29.5. The van der Waals surface area contributed by atoms with E-state index in [-0.39, 0.29) is 17.7 Å². The van der Waals surface area contributed by atoms with Crippen molar-refractivity contribution in [2.24, 2.45) is 13.0 Å². The summed E-state index contributed by atoms with van der Waals surface area (Å²) < 4.78 is 13.3. The Bertz CT molecular complexity index is 888. The lowest BCUT2D eigenvalue weighted by atomic mass is 9.98. The third-order valence-corrected chi connectivity index (χ3v) is 5.86. The van der Waals surface area contributed by atoms with Crippen molar-refractivity contribution in [2.45, 2.75) is 12.8 Å². The molecule has 7 heteroatoms. The van der Waals surface area contributed by atoms with Gasteiger partial charge in [-0.25, -0.2) is 0 Å². The predicted octanol–water partition coefficient (Wildman–Crippen LogP) is 2.43. The van der Waals surface area contributed by atoms with E-state index in [1.165, 1.54) is 0 Å². The molecule has 0 radical (unpaired) electrons. The topological polar surface area (TPSA) is 64.0 Å². The number of aromatic nitrogens is 1. The predicted molar refractivity (Wildman–Crippen MR) is 113 cm³/mol. The molecule has 0 spiro atoms. The van der Waals surface area contributed by atoms with Gasteiger partial charge in [0, 0.05) is 45.3 Å². The van der Waals surface area contributed by atoms with E-state index in [9.17, 15) is 9.59 Å². The van der Waals surface area contributed by atoms with Crippen LogP contribution in [-0.2, 0) is 11.8 Å². The number of likely N-dealkylation sites (tertiary alicyclic amines) is 1. The largest absolute Gasteiger partial charge is 0.492 e. The van der Waals surface area contributed by atoms with Crippen LogP contribution in [0.25, 0.3) is 0 Å². The number of nitrogens with zero attached hydrogens (tertiary/aromatic N) is 3. The summed E-state index contributed by atoms with van der Waals surface area (Å²) in [5.74, 6) is 0.905. The molecular formula is C23H29N3O4. The first-order valence-corrected chi connectivity index (χ1v) is 10.6. The fourth-order valence-corrected chi connectivity index (χ4v) is 4.14. The Hall–Kier alpha value is -2.80. The second-order valence-electron chi connectivity index (χ2n) is 7.98. The van der Waals surface area contributed by atoms with E-state index < -0.39 is 0 Å². The Labute approximate surface area is 177 Å². The van der Waals surface area contributed by atoms with Gasteiger partial charge in [-0.3, -0.25) is 9.59 Å². The first kappa shape index (κ1) is 20.5. The van der Waals surface area contributed by atoms with Gasteiger partial charge in [-0.1, -0.05) is 12.1 Å². The lowest BCUT2D eigenvalue weighted by Gasteiger charge is -2.33. The van der Waals surface area contributed by atoms with Crippen molar-refractivity contribution >= 4 is 11.8 Å². The maximum atomic E-state index is 12.9. The number of carbonyl (C=O) groups excluding carboxylic acids is 2. The summed E-state index contributed by atoms with van der Waals surface area (Å²) in [6, 6.07) is 11.2. The average molecular weight is 412 g/mol. The second kappa shape index (κ2) is 9.34. The van der Waals surface area contributed by atoms with Crippen molar-refractivity contribution in [3.8, 4) is 5.75 Å². The molecule has 0 saturated carbocycles. The molecule has 1 unspecified atom stereocenters. The Morgan fingerprint density at radius 2 is 1.83 bits per heavy atom. The Kier molecular flexibility index (Phi) is 6.38. The highest BCUT2D eigenvalue weighted by molar-refractivity contribution is 5.97. The molecule has 2 aromatic rings. The minimum atomic E-state index is -0.0157. The van der Waals surface area contributed by atoms with Crippen LogP contribution < -0.4 is 4.74 Å². The number of morpholine rings is 1. The second-order valence-corrected chi connectivity index (χ2v) is 7.98. The summed E-state index contributed by atoms with van der Waals surface area (Å²) in [6.07, 6.45) is 3.86. The highest BCUT2D eigenvalue weighted by Crippen LogP contribution is 2.24. The van der Waals surface area contributed by atoms with Crippen molar-refractivity contribution in [2.75, 3.05) is 46.0 Å². The molecule has 30 heavy (non-hydrogen) atoms. The molecular weight excluding hydrogens is 382 g/mol. The molecule has 0 N–H and O–H groups in total. The highest BCUT2D eigenvalue weighted by Gasteiger charge is 2.27. The molecule has 160 valence electrons. The molecule has 2 aliphatic heterocycles. The van der Waals surface area contributed by atoms with Gasteiger partial charge in [0.2, 0.25) is 0 Å². The monoisotopic (exact) mass is 411 g/mol. The standard InChI is InChI=1S/C23H29N3O4/c1-24-10-5-8-20(24)23(28)26-11-4-6-18(16-26)17-30-21-9-3-2-7-19(21)22(27)25-12-14-29-15-13-25/h2-3,5,7-10,18H,4,6,11-17H2,1H3. The number of aryl methyl sites for hydroxylation is 1. The van der Waals surface area contributed by atoms with E-state index in [0.29, 0.717) is 56.5 Å². The van der Waals surface area contributed by atoms with E-state index in [2.05, 4.69) is 0 Å². The zero-order chi connectivity index (χ0) is 20.9. The van der Waals surface area contributed by atoms with Crippen molar-refractivity contribution < 1.29 is 19.1 Å². The molecule has 7 nitrogen and oxygen atoms in total. The molecule has 2 aliphatic rings. The number of hydrogen-bond acceptors (Lipinski definition) is 4. The molecule has 2 amide bonds. The van der Waals surface area contributed by atoms with E-state index in [0.717, 1.165) is 19.4 Å². The Balaban J connectivity index is 1.38. The summed E-state index contributed by atoms with van der Waals surface area (Å²) in [7, 11) is 1.89. The van der Waals surface area contributed by atoms with Gasteiger partial charge in [0.1, 0.15) is 11.4 Å². The number of amides is 2. The maximum Gasteiger partial charge on any atom is 0.270 e. The van der Waals surface area contributed by atoms with Crippen molar-refractivity contribution in [3.63, 3.8) is 0 Å². The minimum absolute atomic E-state index is 0.0157. The first-order valence-electron chi connectivity index (χ1n) is 10.6. The van der Waals surface area contributed by atoms with Gasteiger partial charge in [0.05, 0.1) is 25.4 Å². The lowest BCUT2D eigenvalue weighted by molar-refractivity contribution is 0.0299. The van der Waals surface area contributed by atoms with Crippen LogP contribution in [0.3, 0.4) is 0 Å². The fourth-order valence-electron chi connectivity index (χ4n) is 4.14.